The van der Waals surface area contributed by atoms with Gasteiger partial charge in [0.2, 0.25) is 11.8 Å². The van der Waals surface area contributed by atoms with E-state index < -0.39 is 5.54 Å². The molecule has 0 aliphatic heterocycles. The van der Waals surface area contributed by atoms with E-state index in [1.54, 1.807) is 20.9 Å². The molecule has 1 aliphatic carbocycles. The normalized spacial score (nSPS) is 15.0. The molecule has 0 aromatic heterocycles. The molecule has 5 nitrogen and oxygen atoms in total. The maximum absolute atomic E-state index is 11.6. The summed E-state index contributed by atoms with van der Waals surface area (Å²) in [5.41, 5.74) is 4.72. The predicted octanol–water partition coefficient (Wildman–Crippen LogP) is -0.117. The van der Waals surface area contributed by atoms with Crippen LogP contribution < -0.4 is 11.1 Å². The van der Waals surface area contributed by atoms with Crippen LogP contribution in [0.4, 0.5) is 0 Å². The summed E-state index contributed by atoms with van der Waals surface area (Å²) in [6.07, 6.45) is 2.09. The van der Waals surface area contributed by atoms with Crippen molar-refractivity contribution in [3.63, 3.8) is 0 Å². The van der Waals surface area contributed by atoms with Crippen LogP contribution >= 0.6 is 12.4 Å². The molecule has 94 valence electrons. The lowest BCUT2D eigenvalue weighted by molar-refractivity contribution is -0.138. The van der Waals surface area contributed by atoms with Gasteiger partial charge >= 0.3 is 0 Å². The summed E-state index contributed by atoms with van der Waals surface area (Å²) in [7, 11) is 1.59. The second-order valence-corrected chi connectivity index (χ2v) is 4.72. The summed E-state index contributed by atoms with van der Waals surface area (Å²) in [6, 6.07) is 0.326. The van der Waals surface area contributed by atoms with Crippen molar-refractivity contribution in [2.75, 3.05) is 13.6 Å². The molecule has 0 atom stereocenters. The van der Waals surface area contributed by atoms with Gasteiger partial charge in [-0.3, -0.25) is 9.59 Å². The SMILES string of the molecule is CN(CC(=O)NC1CC1)C(=O)C(C)(C)N.Cl. The van der Waals surface area contributed by atoms with Gasteiger partial charge in [-0.15, -0.1) is 12.4 Å². The number of likely N-dealkylation sites (N-methyl/N-ethyl adjacent to an activating group) is 1. The smallest absolute Gasteiger partial charge is 0.242 e. The number of hydrogen-bond acceptors (Lipinski definition) is 3. The Balaban J connectivity index is 0.00000225. The van der Waals surface area contributed by atoms with Gasteiger partial charge < -0.3 is 16.0 Å². The van der Waals surface area contributed by atoms with E-state index in [0.717, 1.165) is 12.8 Å². The zero-order chi connectivity index (χ0) is 11.6. The Morgan fingerprint density at radius 2 is 1.94 bits per heavy atom. The van der Waals surface area contributed by atoms with Crippen molar-refractivity contribution in [3.05, 3.63) is 0 Å². The van der Waals surface area contributed by atoms with Gasteiger partial charge in [-0.25, -0.2) is 0 Å². The van der Waals surface area contributed by atoms with Crippen LogP contribution in [-0.4, -0.2) is 41.9 Å². The Hall–Kier alpha value is -0.810. The quantitative estimate of drug-likeness (QED) is 0.730. The number of hydrogen-bond donors (Lipinski definition) is 2. The number of halogens is 1. The van der Waals surface area contributed by atoms with Gasteiger partial charge in [0, 0.05) is 13.1 Å². The van der Waals surface area contributed by atoms with Gasteiger partial charge in [-0.05, 0) is 26.7 Å². The number of nitrogens with two attached hydrogens (primary N) is 1. The average molecular weight is 250 g/mol. The first-order chi connectivity index (χ1) is 6.80. The molecule has 0 radical (unpaired) electrons. The summed E-state index contributed by atoms with van der Waals surface area (Å²) in [5.74, 6) is -0.342. The van der Waals surface area contributed by atoms with Gasteiger partial charge in [0.05, 0.1) is 12.1 Å². The maximum atomic E-state index is 11.6. The van der Waals surface area contributed by atoms with Crippen LogP contribution in [0.2, 0.25) is 0 Å². The van der Waals surface area contributed by atoms with Crippen LogP contribution in [0.3, 0.4) is 0 Å². The van der Waals surface area contributed by atoms with Crippen molar-refractivity contribution in [1.29, 1.82) is 0 Å². The standard InChI is InChI=1S/C10H19N3O2.ClH/c1-10(2,11)9(15)13(3)6-8(14)12-7-4-5-7;/h7H,4-6,11H2,1-3H3,(H,12,14);1H. The molecule has 1 rings (SSSR count). The third kappa shape index (κ3) is 4.81. The van der Waals surface area contributed by atoms with Crippen LogP contribution in [-0.2, 0) is 9.59 Å². The largest absolute Gasteiger partial charge is 0.352 e. The summed E-state index contributed by atoms with van der Waals surface area (Å²) in [6.45, 7) is 3.34. The number of carbonyl (C=O) groups is 2. The van der Waals surface area contributed by atoms with Gasteiger partial charge in [0.25, 0.3) is 0 Å². The maximum Gasteiger partial charge on any atom is 0.242 e. The molecule has 0 spiro atoms. The lowest BCUT2D eigenvalue weighted by atomic mass is 10.1. The second-order valence-electron chi connectivity index (χ2n) is 4.72. The first-order valence-electron chi connectivity index (χ1n) is 5.14. The highest BCUT2D eigenvalue weighted by molar-refractivity contribution is 5.89. The van der Waals surface area contributed by atoms with E-state index in [1.807, 2.05) is 0 Å². The van der Waals surface area contributed by atoms with Crippen molar-refractivity contribution in [3.8, 4) is 0 Å². The summed E-state index contributed by atoms with van der Waals surface area (Å²) in [5, 5.41) is 2.82. The lowest BCUT2D eigenvalue weighted by Crippen LogP contribution is -2.52. The van der Waals surface area contributed by atoms with Crippen LogP contribution in [0, 0.1) is 0 Å². The highest BCUT2D eigenvalue weighted by Gasteiger charge is 2.28. The molecule has 0 aromatic rings. The van der Waals surface area contributed by atoms with Gasteiger partial charge in [0.15, 0.2) is 0 Å². The molecule has 0 heterocycles. The van der Waals surface area contributed by atoms with Crippen molar-refractivity contribution in [1.82, 2.24) is 10.2 Å². The summed E-state index contributed by atoms with van der Waals surface area (Å²) in [4.78, 5) is 24.4. The molecule has 1 saturated carbocycles. The van der Waals surface area contributed by atoms with E-state index in [4.69, 9.17) is 5.73 Å². The molecule has 0 unspecified atom stereocenters. The highest BCUT2D eigenvalue weighted by Crippen LogP contribution is 2.18. The lowest BCUT2D eigenvalue weighted by Gasteiger charge is -2.25. The van der Waals surface area contributed by atoms with Crippen molar-refractivity contribution in [2.24, 2.45) is 5.73 Å². The topological polar surface area (TPSA) is 75.4 Å². The molecule has 0 bridgehead atoms. The first kappa shape index (κ1) is 15.2. The molecule has 6 heteroatoms. The number of carbonyl (C=O) groups excluding carboxylic acids is 2. The van der Waals surface area contributed by atoms with E-state index in [1.165, 1.54) is 4.90 Å². The number of nitrogens with zero attached hydrogens (tertiary/aromatic N) is 1. The van der Waals surface area contributed by atoms with Crippen molar-refractivity contribution in [2.45, 2.75) is 38.3 Å². The summed E-state index contributed by atoms with van der Waals surface area (Å²) >= 11 is 0. The molecule has 1 aliphatic rings. The van der Waals surface area contributed by atoms with E-state index in [2.05, 4.69) is 5.32 Å². The van der Waals surface area contributed by atoms with Crippen LogP contribution in [0.15, 0.2) is 0 Å². The van der Waals surface area contributed by atoms with Crippen LogP contribution in [0.1, 0.15) is 26.7 Å². The average Bonchev–Trinajstić information content (AvgIpc) is 2.84. The third-order valence-electron chi connectivity index (χ3n) is 2.22. The molecule has 16 heavy (non-hydrogen) atoms. The Labute approximate surface area is 102 Å². The molecule has 3 N–H and O–H groups in total. The number of rotatable bonds is 4. The Bertz CT molecular complexity index is 272. The molecule has 2 amide bonds. The van der Waals surface area contributed by atoms with E-state index >= 15 is 0 Å². The first-order valence-corrected chi connectivity index (χ1v) is 5.14. The fourth-order valence-corrected chi connectivity index (χ4v) is 1.28. The van der Waals surface area contributed by atoms with Crippen LogP contribution in [0.25, 0.3) is 0 Å². The number of amides is 2. The minimum atomic E-state index is -0.922. The van der Waals surface area contributed by atoms with E-state index in [-0.39, 0.29) is 30.8 Å². The third-order valence-corrected chi connectivity index (χ3v) is 2.22. The molecule has 1 fully saturated rings. The van der Waals surface area contributed by atoms with Gasteiger partial charge in [-0.2, -0.15) is 0 Å². The fourth-order valence-electron chi connectivity index (χ4n) is 1.28. The Morgan fingerprint density at radius 1 is 1.44 bits per heavy atom. The monoisotopic (exact) mass is 249 g/mol. The fraction of sp³-hybridized carbons (Fsp3) is 0.800. The van der Waals surface area contributed by atoms with E-state index in [9.17, 15) is 9.59 Å². The second kappa shape index (κ2) is 5.50. The van der Waals surface area contributed by atoms with E-state index in [0.29, 0.717) is 6.04 Å². The summed E-state index contributed by atoms with van der Waals surface area (Å²) < 4.78 is 0. The highest BCUT2D eigenvalue weighted by atomic mass is 35.5. The Kier molecular flexibility index (Phi) is 5.22. The zero-order valence-corrected chi connectivity index (χ0v) is 10.8. The molecular formula is C10H20ClN3O2. The van der Waals surface area contributed by atoms with Crippen LogP contribution in [0.5, 0.6) is 0 Å². The zero-order valence-electron chi connectivity index (χ0n) is 9.95. The van der Waals surface area contributed by atoms with Gasteiger partial charge in [0.1, 0.15) is 0 Å². The number of nitrogens with one attached hydrogen (secondary N) is 1. The molecule has 0 saturated heterocycles. The minimum Gasteiger partial charge on any atom is -0.352 e. The van der Waals surface area contributed by atoms with Crippen molar-refractivity contribution >= 4 is 24.2 Å². The minimum absolute atomic E-state index is 0. The predicted molar refractivity (Wildman–Crippen MR) is 64.3 cm³/mol. The van der Waals surface area contributed by atoms with Gasteiger partial charge in [-0.1, -0.05) is 0 Å². The molecule has 0 aromatic carbocycles. The Morgan fingerprint density at radius 3 is 2.31 bits per heavy atom. The van der Waals surface area contributed by atoms with Crippen molar-refractivity contribution < 1.29 is 9.59 Å². The molecular weight excluding hydrogens is 230 g/mol.